The van der Waals surface area contributed by atoms with Gasteiger partial charge in [0, 0.05) is 28.2 Å². The molecule has 0 saturated carbocycles. The average Bonchev–Trinajstić information content (AvgIpc) is 3.02. The highest BCUT2D eigenvalue weighted by molar-refractivity contribution is 7.48. The lowest BCUT2D eigenvalue weighted by Crippen LogP contribution is -2.36. The van der Waals surface area contributed by atoms with E-state index in [1.807, 2.05) is 0 Å². The van der Waals surface area contributed by atoms with Crippen molar-refractivity contribution in [2.24, 2.45) is 0 Å². The molecular weight excluding hydrogens is 488 g/mol. The van der Waals surface area contributed by atoms with Crippen LogP contribution in [0.4, 0.5) is 5.82 Å². The molecule has 2 aliphatic rings. The van der Waals surface area contributed by atoms with Crippen molar-refractivity contribution in [1.29, 1.82) is 0 Å². The van der Waals surface area contributed by atoms with E-state index in [2.05, 4.69) is 4.98 Å². The molecule has 32 heavy (non-hydrogen) atoms. The van der Waals surface area contributed by atoms with Gasteiger partial charge in [0.25, 0.3) is 0 Å². The van der Waals surface area contributed by atoms with E-state index in [1.54, 1.807) is 18.2 Å². The number of hydrogen-bond donors (Lipinski definition) is 3. The van der Waals surface area contributed by atoms with Gasteiger partial charge in [-0.15, -0.1) is 0 Å². The highest BCUT2D eigenvalue weighted by Gasteiger charge is 2.46. The second-order valence-corrected chi connectivity index (χ2v) is 9.68. The Balaban J connectivity index is 1.44. The number of ether oxygens (including phenoxy) is 1. The number of phosphoric ester groups is 1. The molecule has 11 nitrogen and oxygen atoms in total. The summed E-state index contributed by atoms with van der Waals surface area (Å²) < 4.78 is 35.6. The maximum Gasteiger partial charge on any atom is 0.475 e. The largest absolute Gasteiger partial charge is 0.475 e. The Hall–Kier alpha value is -1.53. The molecule has 0 spiro atoms. The number of aliphatic hydroxyl groups excluding tert-OH is 2. The maximum atomic E-state index is 13.0. The summed E-state index contributed by atoms with van der Waals surface area (Å²) in [7, 11) is -4.05. The number of benzene rings is 1. The van der Waals surface area contributed by atoms with Crippen LogP contribution in [0.25, 0.3) is 0 Å². The minimum Gasteiger partial charge on any atom is -0.387 e. The molecule has 0 amide bonds. The Kier molecular flexibility index (Phi) is 6.92. The molecule has 0 bridgehead atoms. The predicted molar refractivity (Wildman–Crippen MR) is 113 cm³/mol. The number of nitrogens with two attached hydrogens (primary N) is 1. The average molecular weight is 508 g/mol. The van der Waals surface area contributed by atoms with Crippen molar-refractivity contribution in [3.05, 3.63) is 56.6 Å². The van der Waals surface area contributed by atoms with Crippen LogP contribution in [0, 0.1) is 0 Å². The molecular formula is C18H20Cl2N3O8P. The lowest BCUT2D eigenvalue weighted by molar-refractivity contribution is -0.0609. The highest BCUT2D eigenvalue weighted by atomic mass is 35.5. The lowest BCUT2D eigenvalue weighted by atomic mass is 10.1. The third kappa shape index (κ3) is 4.86. The van der Waals surface area contributed by atoms with Crippen LogP contribution >= 0.6 is 31.0 Å². The van der Waals surface area contributed by atoms with Gasteiger partial charge in [-0.25, -0.2) is 9.36 Å². The SMILES string of the molecule is Nc1ccn([C@@H]2O[C@H](CO[P@]3(=O)OCC[C@H](c4cc(Cl)ccc4Cl)O3)[C@@H](O)[C@@H]2O)c(=O)n1. The van der Waals surface area contributed by atoms with E-state index in [0.29, 0.717) is 22.0 Å². The van der Waals surface area contributed by atoms with Gasteiger partial charge in [0.05, 0.1) is 19.3 Å². The molecule has 174 valence electrons. The Labute approximate surface area is 192 Å². The van der Waals surface area contributed by atoms with E-state index < -0.39 is 50.8 Å². The first kappa shape index (κ1) is 23.6. The zero-order valence-corrected chi connectivity index (χ0v) is 18.8. The number of aromatic nitrogens is 2. The first-order valence-corrected chi connectivity index (χ1v) is 11.8. The van der Waals surface area contributed by atoms with E-state index in [1.165, 1.54) is 12.3 Å². The van der Waals surface area contributed by atoms with Gasteiger partial charge in [0.2, 0.25) is 0 Å². The second kappa shape index (κ2) is 9.38. The Bertz CT molecular complexity index is 1100. The van der Waals surface area contributed by atoms with Gasteiger partial charge in [-0.2, -0.15) is 4.98 Å². The molecule has 2 saturated heterocycles. The molecule has 1 aromatic carbocycles. The molecule has 0 radical (unpaired) electrons. The third-order valence-electron chi connectivity index (χ3n) is 5.05. The molecule has 1 aromatic heterocycles. The minimum atomic E-state index is -4.05. The summed E-state index contributed by atoms with van der Waals surface area (Å²) in [6.45, 7) is -0.379. The normalized spacial score (nSPS) is 32.8. The van der Waals surface area contributed by atoms with Crippen molar-refractivity contribution < 1.29 is 33.1 Å². The second-order valence-electron chi connectivity index (χ2n) is 7.21. The first-order chi connectivity index (χ1) is 15.2. The van der Waals surface area contributed by atoms with Crippen molar-refractivity contribution in [3.8, 4) is 0 Å². The van der Waals surface area contributed by atoms with Crippen molar-refractivity contribution in [1.82, 2.24) is 9.55 Å². The summed E-state index contributed by atoms with van der Waals surface area (Å²) in [5, 5.41) is 21.5. The lowest BCUT2D eigenvalue weighted by Gasteiger charge is -2.30. The Morgan fingerprint density at radius 3 is 2.81 bits per heavy atom. The van der Waals surface area contributed by atoms with Crippen LogP contribution in [-0.4, -0.2) is 51.3 Å². The van der Waals surface area contributed by atoms with Crippen LogP contribution in [0.3, 0.4) is 0 Å². The zero-order chi connectivity index (χ0) is 23.0. The van der Waals surface area contributed by atoms with Crippen LogP contribution in [0.15, 0.2) is 35.3 Å². The molecule has 14 heteroatoms. The highest BCUT2D eigenvalue weighted by Crippen LogP contribution is 2.57. The number of aliphatic hydroxyl groups is 2. The molecule has 2 fully saturated rings. The Morgan fingerprint density at radius 1 is 1.28 bits per heavy atom. The molecule has 2 aliphatic heterocycles. The monoisotopic (exact) mass is 507 g/mol. The number of anilines is 1. The predicted octanol–water partition coefficient (Wildman–Crippen LogP) is 2.05. The summed E-state index contributed by atoms with van der Waals surface area (Å²) in [6.07, 6.45) is -4.34. The van der Waals surface area contributed by atoms with E-state index in [0.717, 1.165) is 4.57 Å². The summed E-state index contributed by atoms with van der Waals surface area (Å²) in [5.41, 5.74) is 5.23. The quantitative estimate of drug-likeness (QED) is 0.511. The van der Waals surface area contributed by atoms with Crippen molar-refractivity contribution in [2.75, 3.05) is 18.9 Å². The van der Waals surface area contributed by atoms with Crippen LogP contribution in [0.5, 0.6) is 0 Å². The first-order valence-electron chi connectivity index (χ1n) is 9.55. The van der Waals surface area contributed by atoms with Gasteiger partial charge in [-0.3, -0.25) is 18.1 Å². The fourth-order valence-corrected chi connectivity index (χ4v) is 5.24. The number of nitrogen functional groups attached to an aromatic ring is 1. The molecule has 6 atom stereocenters. The maximum absolute atomic E-state index is 13.0. The minimum absolute atomic E-state index is 0.00165. The van der Waals surface area contributed by atoms with Crippen LogP contribution < -0.4 is 11.4 Å². The topological polar surface area (TPSA) is 155 Å². The summed E-state index contributed by atoms with van der Waals surface area (Å²) in [4.78, 5) is 15.6. The van der Waals surface area contributed by atoms with Gasteiger partial charge >= 0.3 is 13.5 Å². The number of rotatable bonds is 5. The summed E-state index contributed by atoms with van der Waals surface area (Å²) in [6, 6.07) is 6.16. The number of halogens is 2. The molecule has 3 heterocycles. The Morgan fingerprint density at radius 2 is 2.06 bits per heavy atom. The van der Waals surface area contributed by atoms with Crippen molar-refractivity contribution >= 4 is 36.8 Å². The van der Waals surface area contributed by atoms with Gasteiger partial charge in [-0.1, -0.05) is 23.2 Å². The van der Waals surface area contributed by atoms with Crippen LogP contribution in [0.1, 0.15) is 24.3 Å². The fourth-order valence-electron chi connectivity index (χ4n) is 3.43. The number of phosphoric acid groups is 1. The molecule has 0 aliphatic carbocycles. The summed E-state index contributed by atoms with van der Waals surface area (Å²) in [5.74, 6) is -0.00165. The van der Waals surface area contributed by atoms with Gasteiger partial charge < -0.3 is 20.7 Å². The molecule has 4 rings (SSSR count). The van der Waals surface area contributed by atoms with Gasteiger partial charge in [0.1, 0.15) is 24.1 Å². The van der Waals surface area contributed by atoms with Crippen LogP contribution in [-0.2, 0) is 22.9 Å². The zero-order valence-electron chi connectivity index (χ0n) is 16.4. The van der Waals surface area contributed by atoms with E-state index >= 15 is 0 Å². The van der Waals surface area contributed by atoms with E-state index in [9.17, 15) is 19.6 Å². The third-order valence-corrected chi connectivity index (χ3v) is 7.11. The molecule has 4 N–H and O–H groups in total. The number of hydrogen-bond acceptors (Lipinski definition) is 10. The van der Waals surface area contributed by atoms with Gasteiger partial charge in [0.15, 0.2) is 6.23 Å². The standard InChI is InChI=1S/C18H20Cl2N3O8P/c19-9-1-2-11(20)10(7-9)12-4-6-28-32(27,31-12)29-8-13-15(24)16(25)17(30-13)23-5-3-14(21)22-18(23)26/h1-3,5,7,12-13,15-17,24-25H,4,6,8H2,(H2,21,22,26)/t12-,13-,15-,16+,17-,32+/m1/s1. The van der Waals surface area contributed by atoms with Gasteiger partial charge in [-0.05, 0) is 24.3 Å². The van der Waals surface area contributed by atoms with E-state index in [-0.39, 0.29) is 12.4 Å². The smallest absolute Gasteiger partial charge is 0.387 e. The number of nitrogens with zero attached hydrogens (tertiary/aromatic N) is 2. The van der Waals surface area contributed by atoms with E-state index in [4.69, 9.17) is 47.2 Å². The van der Waals surface area contributed by atoms with Crippen molar-refractivity contribution in [2.45, 2.75) is 37.1 Å². The fraction of sp³-hybridized carbons (Fsp3) is 0.444. The molecule has 0 unspecified atom stereocenters. The molecule has 2 aromatic rings. The summed E-state index contributed by atoms with van der Waals surface area (Å²) >= 11 is 12.2. The van der Waals surface area contributed by atoms with Crippen LogP contribution in [0.2, 0.25) is 10.0 Å². The van der Waals surface area contributed by atoms with Crippen molar-refractivity contribution in [3.63, 3.8) is 0 Å².